The predicted octanol–water partition coefficient (Wildman–Crippen LogP) is 3.92. The summed E-state index contributed by atoms with van der Waals surface area (Å²) in [6.45, 7) is 0.193. The first-order chi connectivity index (χ1) is 11.9. The van der Waals surface area contributed by atoms with Crippen LogP contribution in [0.15, 0.2) is 54.6 Å². The number of alkyl halides is 3. The molecule has 2 aromatic carbocycles. The first-order valence-electron chi connectivity index (χ1n) is 7.30. The maximum Gasteiger partial charge on any atom is 0.573 e. The van der Waals surface area contributed by atoms with Gasteiger partial charge in [-0.1, -0.05) is 24.3 Å². The van der Waals surface area contributed by atoms with Crippen molar-refractivity contribution in [2.75, 3.05) is 7.11 Å². The van der Waals surface area contributed by atoms with Crippen LogP contribution in [0.5, 0.6) is 11.5 Å². The number of carbonyl (C=O) groups excluding carboxylic acids is 1. The van der Waals surface area contributed by atoms with E-state index in [1.165, 1.54) is 30.3 Å². The second kappa shape index (κ2) is 8.23. The molecule has 0 saturated carbocycles. The van der Waals surface area contributed by atoms with Crippen LogP contribution in [-0.2, 0) is 11.3 Å². The van der Waals surface area contributed by atoms with Crippen molar-refractivity contribution in [2.45, 2.75) is 12.9 Å². The lowest BCUT2D eigenvalue weighted by molar-refractivity contribution is -0.274. The molecule has 1 amide bonds. The van der Waals surface area contributed by atoms with Crippen molar-refractivity contribution < 1.29 is 27.4 Å². The standard InChI is InChI=1S/C18H16F3NO3/c1-24-15-7-2-13(3-8-15)6-11-17(23)22-12-14-4-9-16(10-5-14)25-18(19,20)21/h2-11H,12H2,1H3,(H,22,23)/b11-6+. The smallest absolute Gasteiger partial charge is 0.497 e. The molecule has 4 nitrogen and oxygen atoms in total. The molecule has 7 heteroatoms. The van der Waals surface area contributed by atoms with Crippen LogP contribution in [0, 0.1) is 0 Å². The highest BCUT2D eigenvalue weighted by Gasteiger charge is 2.30. The lowest BCUT2D eigenvalue weighted by Crippen LogP contribution is -2.20. The van der Waals surface area contributed by atoms with Crippen LogP contribution in [0.2, 0.25) is 0 Å². The van der Waals surface area contributed by atoms with Crippen LogP contribution in [0.1, 0.15) is 11.1 Å². The highest BCUT2D eigenvalue weighted by molar-refractivity contribution is 5.91. The molecule has 0 aliphatic rings. The number of rotatable bonds is 6. The van der Waals surface area contributed by atoms with Crippen molar-refractivity contribution in [3.63, 3.8) is 0 Å². The fraction of sp³-hybridized carbons (Fsp3) is 0.167. The highest BCUT2D eigenvalue weighted by atomic mass is 19.4. The van der Waals surface area contributed by atoms with E-state index in [9.17, 15) is 18.0 Å². The summed E-state index contributed by atoms with van der Waals surface area (Å²) in [5, 5.41) is 2.65. The fourth-order valence-electron chi connectivity index (χ4n) is 1.94. The van der Waals surface area contributed by atoms with E-state index in [-0.39, 0.29) is 18.2 Å². The maximum atomic E-state index is 12.1. The van der Waals surface area contributed by atoms with E-state index in [0.29, 0.717) is 5.56 Å². The Hall–Kier alpha value is -2.96. The lowest BCUT2D eigenvalue weighted by atomic mass is 10.2. The van der Waals surface area contributed by atoms with Crippen LogP contribution in [-0.4, -0.2) is 19.4 Å². The Kier molecular flexibility index (Phi) is 6.05. The second-order valence-electron chi connectivity index (χ2n) is 5.02. The summed E-state index contributed by atoms with van der Waals surface area (Å²) in [5.74, 6) is 0.105. The minimum atomic E-state index is -4.72. The summed E-state index contributed by atoms with van der Waals surface area (Å²) in [6, 6.07) is 12.5. The van der Waals surface area contributed by atoms with Gasteiger partial charge in [0.15, 0.2) is 0 Å². The molecule has 0 spiro atoms. The molecule has 0 aromatic heterocycles. The topological polar surface area (TPSA) is 47.6 Å². The molecule has 0 saturated heterocycles. The molecule has 0 unspecified atom stereocenters. The SMILES string of the molecule is COc1ccc(/C=C/C(=O)NCc2ccc(OC(F)(F)F)cc2)cc1. The molecule has 25 heavy (non-hydrogen) atoms. The Morgan fingerprint density at radius 1 is 1.04 bits per heavy atom. The normalized spacial score (nSPS) is 11.4. The zero-order valence-corrected chi connectivity index (χ0v) is 13.3. The molecule has 132 valence electrons. The second-order valence-corrected chi connectivity index (χ2v) is 5.02. The van der Waals surface area contributed by atoms with E-state index in [1.54, 1.807) is 25.3 Å². The highest BCUT2D eigenvalue weighted by Crippen LogP contribution is 2.22. The van der Waals surface area contributed by atoms with Gasteiger partial charge in [-0.3, -0.25) is 4.79 Å². The molecule has 0 heterocycles. The van der Waals surface area contributed by atoms with Gasteiger partial charge in [-0.15, -0.1) is 13.2 Å². The van der Waals surface area contributed by atoms with Gasteiger partial charge in [-0.2, -0.15) is 0 Å². The number of carbonyl (C=O) groups is 1. The Morgan fingerprint density at radius 3 is 2.20 bits per heavy atom. The summed E-state index contributed by atoms with van der Waals surface area (Å²) in [6.07, 6.45) is -1.69. The minimum Gasteiger partial charge on any atom is -0.497 e. The number of methoxy groups -OCH3 is 1. The minimum absolute atomic E-state index is 0.193. The van der Waals surface area contributed by atoms with Crippen LogP contribution in [0.4, 0.5) is 13.2 Å². The summed E-state index contributed by atoms with van der Waals surface area (Å²) < 4.78 is 45.0. The Bertz CT molecular complexity index is 723. The summed E-state index contributed by atoms with van der Waals surface area (Å²) >= 11 is 0. The van der Waals surface area contributed by atoms with E-state index >= 15 is 0 Å². The average molecular weight is 351 g/mol. The van der Waals surface area contributed by atoms with E-state index in [2.05, 4.69) is 10.1 Å². The Balaban J connectivity index is 1.83. The first-order valence-corrected chi connectivity index (χ1v) is 7.30. The van der Waals surface area contributed by atoms with Crippen molar-refractivity contribution in [3.8, 4) is 11.5 Å². The average Bonchev–Trinajstić information content (AvgIpc) is 2.58. The lowest BCUT2D eigenvalue weighted by Gasteiger charge is -2.09. The summed E-state index contributed by atoms with van der Waals surface area (Å²) in [7, 11) is 1.57. The molecule has 2 rings (SSSR count). The van der Waals surface area contributed by atoms with Crippen LogP contribution in [0.25, 0.3) is 6.08 Å². The van der Waals surface area contributed by atoms with Crippen molar-refractivity contribution >= 4 is 12.0 Å². The molecule has 0 bridgehead atoms. The molecule has 0 atom stereocenters. The van der Waals surface area contributed by atoms with Crippen LogP contribution < -0.4 is 14.8 Å². The van der Waals surface area contributed by atoms with Crippen LogP contribution in [0.3, 0.4) is 0 Å². The quantitative estimate of drug-likeness (QED) is 0.803. The van der Waals surface area contributed by atoms with E-state index < -0.39 is 6.36 Å². The van der Waals surface area contributed by atoms with Gasteiger partial charge in [-0.05, 0) is 41.5 Å². The number of benzene rings is 2. The zero-order chi connectivity index (χ0) is 18.3. The number of hydrogen-bond acceptors (Lipinski definition) is 3. The third kappa shape index (κ3) is 6.58. The molecular weight excluding hydrogens is 335 g/mol. The number of halogens is 3. The predicted molar refractivity (Wildman–Crippen MR) is 87.0 cm³/mol. The molecule has 0 aliphatic carbocycles. The molecule has 0 radical (unpaired) electrons. The van der Waals surface area contributed by atoms with Crippen molar-refractivity contribution in [1.82, 2.24) is 5.32 Å². The number of ether oxygens (including phenoxy) is 2. The van der Waals surface area contributed by atoms with Gasteiger partial charge in [-0.25, -0.2) is 0 Å². The van der Waals surface area contributed by atoms with Gasteiger partial charge < -0.3 is 14.8 Å². The molecule has 2 aromatic rings. The third-order valence-corrected chi connectivity index (χ3v) is 3.17. The van der Waals surface area contributed by atoms with Gasteiger partial charge >= 0.3 is 6.36 Å². The Morgan fingerprint density at radius 2 is 1.64 bits per heavy atom. The fourth-order valence-corrected chi connectivity index (χ4v) is 1.94. The maximum absolute atomic E-state index is 12.1. The Labute approximate surface area is 142 Å². The summed E-state index contributed by atoms with van der Waals surface area (Å²) in [4.78, 5) is 11.8. The van der Waals surface area contributed by atoms with Gasteiger partial charge in [0.1, 0.15) is 11.5 Å². The van der Waals surface area contributed by atoms with Crippen molar-refractivity contribution in [1.29, 1.82) is 0 Å². The van der Waals surface area contributed by atoms with Crippen LogP contribution >= 0.6 is 0 Å². The number of nitrogens with one attached hydrogen (secondary N) is 1. The third-order valence-electron chi connectivity index (χ3n) is 3.17. The first kappa shape index (κ1) is 18.4. The van der Waals surface area contributed by atoms with Gasteiger partial charge in [0.2, 0.25) is 5.91 Å². The molecular formula is C18H16F3NO3. The van der Waals surface area contributed by atoms with Crippen molar-refractivity contribution in [2.24, 2.45) is 0 Å². The molecule has 0 aliphatic heterocycles. The summed E-state index contributed by atoms with van der Waals surface area (Å²) in [5.41, 5.74) is 1.49. The van der Waals surface area contributed by atoms with Gasteiger partial charge in [0, 0.05) is 12.6 Å². The number of amides is 1. The number of hydrogen-bond donors (Lipinski definition) is 1. The molecule has 0 fully saturated rings. The zero-order valence-electron chi connectivity index (χ0n) is 13.3. The monoisotopic (exact) mass is 351 g/mol. The van der Waals surface area contributed by atoms with Gasteiger partial charge in [0.25, 0.3) is 0 Å². The van der Waals surface area contributed by atoms with E-state index in [0.717, 1.165) is 11.3 Å². The van der Waals surface area contributed by atoms with E-state index in [1.807, 2.05) is 12.1 Å². The van der Waals surface area contributed by atoms with Crippen molar-refractivity contribution in [3.05, 3.63) is 65.7 Å². The van der Waals surface area contributed by atoms with Gasteiger partial charge in [0.05, 0.1) is 7.11 Å². The largest absolute Gasteiger partial charge is 0.573 e. The molecule has 1 N–H and O–H groups in total. The van der Waals surface area contributed by atoms with E-state index in [4.69, 9.17) is 4.74 Å².